The highest BCUT2D eigenvalue weighted by Gasteiger charge is 2.24. The van der Waals surface area contributed by atoms with E-state index in [4.69, 9.17) is 5.73 Å². The summed E-state index contributed by atoms with van der Waals surface area (Å²) in [5.41, 5.74) is 7.64. The summed E-state index contributed by atoms with van der Waals surface area (Å²) in [4.78, 5) is 13.9. The molecule has 1 aliphatic rings. The van der Waals surface area contributed by atoms with E-state index in [1.807, 2.05) is 29.2 Å². The third-order valence-electron chi connectivity index (χ3n) is 3.05. The number of carbonyl (C=O) groups is 1. The Balaban J connectivity index is 2.02. The van der Waals surface area contributed by atoms with E-state index >= 15 is 0 Å². The fourth-order valence-electron chi connectivity index (χ4n) is 2.00. The van der Waals surface area contributed by atoms with Crippen molar-refractivity contribution >= 4 is 17.3 Å². The molecule has 1 fully saturated rings. The molecule has 1 amide bonds. The van der Waals surface area contributed by atoms with Gasteiger partial charge in [-0.3, -0.25) is 4.79 Å². The largest absolute Gasteiger partial charge is 0.397 e. The summed E-state index contributed by atoms with van der Waals surface area (Å²) in [7, 11) is 0. The molecule has 1 aliphatic carbocycles. The topological polar surface area (TPSA) is 58.4 Å². The average molecular weight is 247 g/mol. The smallest absolute Gasteiger partial charge is 0.239 e. The van der Waals surface area contributed by atoms with Crippen LogP contribution in [-0.4, -0.2) is 25.0 Å². The summed E-state index contributed by atoms with van der Waals surface area (Å²) in [5.74, 6) is 0.0919. The first-order valence-corrected chi connectivity index (χ1v) is 6.59. The number of para-hydroxylation sites is 2. The van der Waals surface area contributed by atoms with Crippen LogP contribution >= 0.6 is 0 Å². The minimum atomic E-state index is 0.0919. The molecule has 1 aromatic rings. The number of nitrogen functional groups attached to an aromatic ring is 1. The predicted molar refractivity (Wildman–Crippen MR) is 74.5 cm³/mol. The fraction of sp³-hybridized carbons (Fsp3) is 0.500. The SMILES string of the molecule is CCCN(CC(=O)NC1CC1)c1ccccc1N. The summed E-state index contributed by atoms with van der Waals surface area (Å²) in [5, 5.41) is 3.01. The van der Waals surface area contributed by atoms with Gasteiger partial charge in [-0.2, -0.15) is 0 Å². The Bertz CT molecular complexity index is 415. The molecule has 1 aromatic carbocycles. The first-order chi connectivity index (χ1) is 8.70. The summed E-state index contributed by atoms with van der Waals surface area (Å²) >= 11 is 0. The number of nitrogens with one attached hydrogen (secondary N) is 1. The van der Waals surface area contributed by atoms with Crippen LogP contribution in [0.2, 0.25) is 0 Å². The molecule has 0 spiro atoms. The monoisotopic (exact) mass is 247 g/mol. The highest BCUT2D eigenvalue weighted by Crippen LogP contribution is 2.23. The van der Waals surface area contributed by atoms with Crippen LogP contribution < -0.4 is 16.0 Å². The second-order valence-electron chi connectivity index (χ2n) is 4.82. The number of benzene rings is 1. The van der Waals surface area contributed by atoms with Crippen molar-refractivity contribution in [1.29, 1.82) is 0 Å². The number of hydrogen-bond donors (Lipinski definition) is 2. The number of rotatable bonds is 6. The van der Waals surface area contributed by atoms with Gasteiger partial charge in [-0.25, -0.2) is 0 Å². The molecule has 4 heteroatoms. The molecule has 0 radical (unpaired) electrons. The molecule has 0 bridgehead atoms. The van der Waals surface area contributed by atoms with Crippen LogP contribution in [0.15, 0.2) is 24.3 Å². The summed E-state index contributed by atoms with van der Waals surface area (Å²) < 4.78 is 0. The maximum absolute atomic E-state index is 11.9. The lowest BCUT2D eigenvalue weighted by Crippen LogP contribution is -2.38. The molecule has 0 heterocycles. The van der Waals surface area contributed by atoms with Crippen molar-refractivity contribution in [1.82, 2.24) is 5.32 Å². The lowest BCUT2D eigenvalue weighted by atomic mass is 10.2. The molecule has 3 N–H and O–H groups in total. The maximum Gasteiger partial charge on any atom is 0.239 e. The summed E-state index contributed by atoms with van der Waals surface area (Å²) in [6.45, 7) is 3.33. The van der Waals surface area contributed by atoms with Gasteiger partial charge in [0.15, 0.2) is 0 Å². The van der Waals surface area contributed by atoms with Crippen molar-refractivity contribution in [3.05, 3.63) is 24.3 Å². The second-order valence-corrected chi connectivity index (χ2v) is 4.82. The van der Waals surface area contributed by atoms with Gasteiger partial charge in [-0.15, -0.1) is 0 Å². The van der Waals surface area contributed by atoms with E-state index in [0.717, 1.165) is 37.2 Å². The lowest BCUT2D eigenvalue weighted by Gasteiger charge is -2.25. The summed E-state index contributed by atoms with van der Waals surface area (Å²) in [6, 6.07) is 8.11. The first kappa shape index (κ1) is 12.7. The second kappa shape index (κ2) is 5.76. The average Bonchev–Trinajstić information content (AvgIpc) is 3.13. The predicted octanol–water partition coefficient (Wildman–Crippen LogP) is 1.76. The Morgan fingerprint density at radius 2 is 2.17 bits per heavy atom. The Morgan fingerprint density at radius 3 is 2.78 bits per heavy atom. The van der Waals surface area contributed by atoms with Crippen molar-refractivity contribution in [2.24, 2.45) is 0 Å². The zero-order chi connectivity index (χ0) is 13.0. The van der Waals surface area contributed by atoms with E-state index in [-0.39, 0.29) is 5.91 Å². The molecule has 0 aliphatic heterocycles. The highest BCUT2D eigenvalue weighted by atomic mass is 16.2. The van der Waals surface area contributed by atoms with E-state index < -0.39 is 0 Å². The van der Waals surface area contributed by atoms with Gasteiger partial charge in [-0.1, -0.05) is 19.1 Å². The van der Waals surface area contributed by atoms with E-state index in [1.165, 1.54) is 0 Å². The minimum absolute atomic E-state index is 0.0919. The van der Waals surface area contributed by atoms with Gasteiger partial charge in [0.05, 0.1) is 17.9 Å². The maximum atomic E-state index is 11.9. The number of carbonyl (C=O) groups excluding carboxylic acids is 1. The van der Waals surface area contributed by atoms with Gasteiger partial charge in [-0.05, 0) is 31.4 Å². The number of anilines is 2. The zero-order valence-electron chi connectivity index (χ0n) is 10.9. The number of amides is 1. The van der Waals surface area contributed by atoms with Gasteiger partial charge in [0, 0.05) is 12.6 Å². The minimum Gasteiger partial charge on any atom is -0.397 e. The van der Waals surface area contributed by atoms with Crippen LogP contribution in [0, 0.1) is 0 Å². The number of nitrogens with two attached hydrogens (primary N) is 1. The van der Waals surface area contributed by atoms with Crippen LogP contribution in [0.5, 0.6) is 0 Å². The third kappa shape index (κ3) is 3.39. The van der Waals surface area contributed by atoms with Crippen LogP contribution in [0.1, 0.15) is 26.2 Å². The first-order valence-electron chi connectivity index (χ1n) is 6.59. The van der Waals surface area contributed by atoms with E-state index in [0.29, 0.717) is 12.6 Å². The molecule has 0 atom stereocenters. The van der Waals surface area contributed by atoms with Crippen molar-refractivity contribution < 1.29 is 4.79 Å². The Hall–Kier alpha value is -1.71. The van der Waals surface area contributed by atoms with Crippen LogP contribution in [0.3, 0.4) is 0 Å². The molecule has 0 aromatic heterocycles. The normalized spacial score (nSPS) is 14.3. The molecule has 0 unspecified atom stereocenters. The van der Waals surface area contributed by atoms with Crippen LogP contribution in [-0.2, 0) is 4.79 Å². The molecular weight excluding hydrogens is 226 g/mol. The molecule has 2 rings (SSSR count). The van der Waals surface area contributed by atoms with Gasteiger partial charge in [0.25, 0.3) is 0 Å². The van der Waals surface area contributed by atoms with Crippen LogP contribution in [0.4, 0.5) is 11.4 Å². The van der Waals surface area contributed by atoms with E-state index in [1.54, 1.807) is 0 Å². The third-order valence-corrected chi connectivity index (χ3v) is 3.05. The van der Waals surface area contributed by atoms with Crippen molar-refractivity contribution in [2.75, 3.05) is 23.7 Å². The molecular formula is C14H21N3O. The van der Waals surface area contributed by atoms with Gasteiger partial charge in [0.2, 0.25) is 5.91 Å². The Kier molecular flexibility index (Phi) is 4.07. The Labute approximate surface area is 108 Å². The van der Waals surface area contributed by atoms with Gasteiger partial charge < -0.3 is 16.0 Å². The number of hydrogen-bond acceptors (Lipinski definition) is 3. The zero-order valence-corrected chi connectivity index (χ0v) is 10.9. The molecule has 18 heavy (non-hydrogen) atoms. The standard InChI is InChI=1S/C14H21N3O/c1-2-9-17(10-14(18)16-11-7-8-11)13-6-4-3-5-12(13)15/h3-6,11H,2,7-10,15H2,1H3,(H,16,18). The highest BCUT2D eigenvalue weighted by molar-refractivity contribution is 5.83. The van der Waals surface area contributed by atoms with Gasteiger partial charge >= 0.3 is 0 Å². The molecule has 4 nitrogen and oxygen atoms in total. The van der Waals surface area contributed by atoms with E-state index in [9.17, 15) is 4.79 Å². The van der Waals surface area contributed by atoms with E-state index in [2.05, 4.69) is 12.2 Å². The van der Waals surface area contributed by atoms with Crippen LogP contribution in [0.25, 0.3) is 0 Å². The fourth-order valence-corrected chi connectivity index (χ4v) is 2.00. The molecule has 98 valence electrons. The van der Waals surface area contributed by atoms with Crippen molar-refractivity contribution in [3.8, 4) is 0 Å². The van der Waals surface area contributed by atoms with Crippen molar-refractivity contribution in [3.63, 3.8) is 0 Å². The quantitative estimate of drug-likeness (QED) is 0.753. The summed E-state index contributed by atoms with van der Waals surface area (Å²) in [6.07, 6.45) is 3.23. The van der Waals surface area contributed by atoms with Crippen molar-refractivity contribution in [2.45, 2.75) is 32.2 Å². The Morgan fingerprint density at radius 1 is 1.44 bits per heavy atom. The molecule has 0 saturated heterocycles. The number of nitrogens with zero attached hydrogens (tertiary/aromatic N) is 1. The lowest BCUT2D eigenvalue weighted by molar-refractivity contribution is -0.119. The van der Waals surface area contributed by atoms with Gasteiger partial charge in [0.1, 0.15) is 0 Å². The molecule has 1 saturated carbocycles.